The van der Waals surface area contributed by atoms with E-state index in [2.05, 4.69) is 5.32 Å². The van der Waals surface area contributed by atoms with Gasteiger partial charge in [-0.3, -0.25) is 19.3 Å². The van der Waals surface area contributed by atoms with Gasteiger partial charge in [-0.15, -0.1) is 0 Å². The number of carbonyl (C=O) groups excluding carboxylic acids is 3. The van der Waals surface area contributed by atoms with Gasteiger partial charge in [0.2, 0.25) is 11.8 Å². The van der Waals surface area contributed by atoms with Crippen molar-refractivity contribution in [2.24, 2.45) is 11.8 Å². The van der Waals surface area contributed by atoms with E-state index < -0.39 is 5.54 Å². The summed E-state index contributed by atoms with van der Waals surface area (Å²) in [7, 11) is 3.09. The molecular weight excluding hydrogens is 260 g/mol. The summed E-state index contributed by atoms with van der Waals surface area (Å²) >= 11 is 0. The first kappa shape index (κ1) is 15.0. The molecule has 6 nitrogen and oxygen atoms in total. The highest BCUT2D eigenvalue weighted by atomic mass is 16.5. The normalized spacial score (nSPS) is 27.2. The molecule has 20 heavy (non-hydrogen) atoms. The van der Waals surface area contributed by atoms with Crippen molar-refractivity contribution in [3.8, 4) is 0 Å². The van der Waals surface area contributed by atoms with Gasteiger partial charge >= 0.3 is 5.97 Å². The van der Waals surface area contributed by atoms with E-state index in [9.17, 15) is 14.4 Å². The molecule has 0 spiro atoms. The number of unbranched alkanes of at least 4 members (excludes halogenated alkanes) is 1. The zero-order valence-corrected chi connectivity index (χ0v) is 12.3. The van der Waals surface area contributed by atoms with E-state index >= 15 is 0 Å². The van der Waals surface area contributed by atoms with Crippen LogP contribution >= 0.6 is 0 Å². The molecule has 0 radical (unpaired) electrons. The molecule has 3 unspecified atom stereocenters. The first-order valence-electron chi connectivity index (χ1n) is 7.07. The van der Waals surface area contributed by atoms with E-state index in [-0.39, 0.29) is 29.6 Å². The van der Waals surface area contributed by atoms with Crippen LogP contribution in [0.3, 0.4) is 0 Å². The van der Waals surface area contributed by atoms with E-state index in [1.807, 2.05) is 0 Å². The topological polar surface area (TPSA) is 75.7 Å². The Balaban J connectivity index is 1.75. The monoisotopic (exact) mass is 282 g/mol. The number of carbonyl (C=O) groups is 3. The van der Waals surface area contributed by atoms with Crippen molar-refractivity contribution >= 4 is 17.8 Å². The lowest BCUT2D eigenvalue weighted by atomic mass is 9.95. The third kappa shape index (κ3) is 2.57. The lowest BCUT2D eigenvalue weighted by Crippen LogP contribution is -2.48. The third-order valence-electron chi connectivity index (χ3n) is 4.45. The molecule has 112 valence electrons. The van der Waals surface area contributed by atoms with Crippen molar-refractivity contribution < 1.29 is 19.1 Å². The summed E-state index contributed by atoms with van der Waals surface area (Å²) in [4.78, 5) is 36.6. The Morgan fingerprint density at radius 3 is 2.45 bits per heavy atom. The Morgan fingerprint density at radius 1 is 1.35 bits per heavy atom. The second kappa shape index (κ2) is 5.52. The molecule has 0 aromatic rings. The largest absolute Gasteiger partial charge is 0.468 e. The van der Waals surface area contributed by atoms with Crippen molar-refractivity contribution in [1.29, 1.82) is 0 Å². The number of rotatable bonds is 7. The average Bonchev–Trinajstić information content (AvgIpc) is 3.21. The van der Waals surface area contributed by atoms with E-state index in [4.69, 9.17) is 4.74 Å². The summed E-state index contributed by atoms with van der Waals surface area (Å²) < 4.78 is 4.77. The number of esters is 1. The molecule has 6 heteroatoms. The number of amides is 2. The minimum absolute atomic E-state index is 0.00986. The van der Waals surface area contributed by atoms with Crippen LogP contribution in [0.15, 0.2) is 0 Å². The Hall–Kier alpha value is -1.43. The number of imide groups is 1. The fraction of sp³-hybridized carbons (Fsp3) is 0.786. The first-order valence-corrected chi connectivity index (χ1v) is 7.07. The quantitative estimate of drug-likeness (QED) is 0.413. The summed E-state index contributed by atoms with van der Waals surface area (Å²) in [6.07, 6.45) is 2.82. The van der Waals surface area contributed by atoms with Gasteiger partial charge in [0.05, 0.1) is 18.9 Å². The fourth-order valence-electron chi connectivity index (χ4n) is 2.77. The predicted octanol–water partition coefficient (Wildman–Crippen LogP) is 0.313. The zero-order chi connectivity index (χ0) is 14.9. The van der Waals surface area contributed by atoms with Crippen LogP contribution in [0.25, 0.3) is 0 Å². The lowest BCUT2D eigenvalue weighted by Gasteiger charge is -2.26. The lowest BCUT2D eigenvalue weighted by molar-refractivity contribution is -0.148. The van der Waals surface area contributed by atoms with Crippen LogP contribution in [0.4, 0.5) is 0 Å². The molecule has 3 atom stereocenters. The van der Waals surface area contributed by atoms with Gasteiger partial charge < -0.3 is 10.1 Å². The maximum atomic E-state index is 11.8. The van der Waals surface area contributed by atoms with Gasteiger partial charge in [-0.05, 0) is 39.7 Å². The van der Waals surface area contributed by atoms with Gasteiger partial charge in [-0.2, -0.15) is 0 Å². The number of piperidine rings is 1. The van der Waals surface area contributed by atoms with Crippen LogP contribution in [0.2, 0.25) is 0 Å². The molecule has 1 aliphatic heterocycles. The molecule has 0 bridgehead atoms. The van der Waals surface area contributed by atoms with E-state index in [1.165, 1.54) is 12.0 Å². The molecule has 1 N–H and O–H groups in total. The smallest absolute Gasteiger partial charge is 0.325 e. The van der Waals surface area contributed by atoms with Gasteiger partial charge in [0.25, 0.3) is 0 Å². The number of nitrogens with one attached hydrogen (secondary N) is 1. The van der Waals surface area contributed by atoms with Crippen molar-refractivity contribution in [1.82, 2.24) is 10.2 Å². The molecule has 1 heterocycles. The minimum Gasteiger partial charge on any atom is -0.468 e. The van der Waals surface area contributed by atoms with Crippen LogP contribution < -0.4 is 5.32 Å². The Morgan fingerprint density at radius 2 is 1.95 bits per heavy atom. The number of hydrogen-bond acceptors (Lipinski definition) is 5. The molecule has 2 aliphatic rings. The summed E-state index contributed by atoms with van der Waals surface area (Å²) in [6.45, 7) is 2.26. The number of likely N-dealkylation sites (N-methyl/N-ethyl adjacent to an activating group) is 1. The molecule has 1 saturated heterocycles. The zero-order valence-electron chi connectivity index (χ0n) is 12.3. The van der Waals surface area contributed by atoms with Crippen LogP contribution in [-0.4, -0.2) is 48.9 Å². The number of fused-ring (bicyclic) bond motifs is 1. The number of methoxy groups -OCH3 is 1. The standard InChI is InChI=1S/C14H22N2O4/c1-14(15-2,13(19)20-3)6-4-5-7-16-11(17)9-8-10(9)12(16)18/h9-10,15H,4-8H2,1-3H3. The Bertz CT molecular complexity index is 417. The molecule has 2 fully saturated rings. The van der Waals surface area contributed by atoms with Crippen molar-refractivity contribution in [3.05, 3.63) is 0 Å². The molecule has 0 aromatic carbocycles. The number of likely N-dealkylation sites (tertiary alicyclic amines) is 1. The van der Waals surface area contributed by atoms with Crippen molar-refractivity contribution in [2.75, 3.05) is 20.7 Å². The summed E-state index contributed by atoms with van der Waals surface area (Å²) in [5, 5.41) is 2.97. The third-order valence-corrected chi connectivity index (χ3v) is 4.45. The predicted molar refractivity (Wildman–Crippen MR) is 71.6 cm³/mol. The van der Waals surface area contributed by atoms with Gasteiger partial charge in [0.15, 0.2) is 0 Å². The highest BCUT2D eigenvalue weighted by Gasteiger charge is 2.58. The van der Waals surface area contributed by atoms with Gasteiger partial charge in [0, 0.05) is 6.54 Å². The molecular formula is C14H22N2O4. The van der Waals surface area contributed by atoms with Crippen LogP contribution in [0, 0.1) is 11.8 Å². The Labute approximate surface area is 118 Å². The van der Waals surface area contributed by atoms with Gasteiger partial charge in [-0.1, -0.05) is 0 Å². The second-order valence-electron chi connectivity index (χ2n) is 5.81. The maximum Gasteiger partial charge on any atom is 0.325 e. The molecule has 1 saturated carbocycles. The SMILES string of the molecule is CNC(C)(CCCCN1C(=O)C2CC2C1=O)C(=O)OC. The van der Waals surface area contributed by atoms with Gasteiger partial charge in [-0.25, -0.2) is 0 Å². The van der Waals surface area contributed by atoms with Gasteiger partial charge in [0.1, 0.15) is 5.54 Å². The fourth-order valence-corrected chi connectivity index (χ4v) is 2.77. The maximum absolute atomic E-state index is 11.8. The molecule has 0 aromatic heterocycles. The summed E-state index contributed by atoms with van der Waals surface area (Å²) in [5.41, 5.74) is -0.712. The number of nitrogens with zero attached hydrogens (tertiary/aromatic N) is 1. The van der Waals surface area contributed by atoms with E-state index in [0.29, 0.717) is 19.4 Å². The van der Waals surface area contributed by atoms with E-state index in [0.717, 1.165) is 12.8 Å². The molecule has 2 amide bonds. The number of hydrogen-bond donors (Lipinski definition) is 1. The summed E-state index contributed by atoms with van der Waals surface area (Å²) in [5.74, 6) is -0.372. The number of ether oxygens (including phenoxy) is 1. The van der Waals surface area contributed by atoms with Crippen molar-refractivity contribution in [2.45, 2.75) is 38.1 Å². The Kier molecular flexibility index (Phi) is 4.13. The first-order chi connectivity index (χ1) is 9.44. The van der Waals surface area contributed by atoms with Crippen LogP contribution in [-0.2, 0) is 19.1 Å². The second-order valence-corrected chi connectivity index (χ2v) is 5.81. The molecule has 2 rings (SSSR count). The summed E-state index contributed by atoms with van der Waals surface area (Å²) in [6, 6.07) is 0. The minimum atomic E-state index is -0.712. The van der Waals surface area contributed by atoms with E-state index in [1.54, 1.807) is 14.0 Å². The molecule has 1 aliphatic carbocycles. The average molecular weight is 282 g/mol. The highest BCUT2D eigenvalue weighted by molar-refractivity contribution is 6.08. The highest BCUT2D eigenvalue weighted by Crippen LogP contribution is 2.46. The van der Waals surface area contributed by atoms with Crippen molar-refractivity contribution in [3.63, 3.8) is 0 Å². The van der Waals surface area contributed by atoms with Crippen LogP contribution in [0.1, 0.15) is 32.6 Å². The van der Waals surface area contributed by atoms with Crippen LogP contribution in [0.5, 0.6) is 0 Å².